The number of carbonyl (C=O) groups is 3. The molecular formula is C31H23ClO5. The van der Waals surface area contributed by atoms with Crippen molar-refractivity contribution in [1.29, 1.82) is 0 Å². The fraction of sp³-hybridized carbons (Fsp3) is 0.129. The van der Waals surface area contributed by atoms with E-state index in [4.69, 9.17) is 21.1 Å². The molecule has 6 heteroatoms. The first-order valence-electron chi connectivity index (χ1n) is 11.8. The molecule has 37 heavy (non-hydrogen) atoms. The molecule has 4 aromatic rings. The number of benzene rings is 4. The van der Waals surface area contributed by atoms with Gasteiger partial charge in [0.2, 0.25) is 0 Å². The number of rotatable bonds is 7. The predicted octanol–water partition coefficient (Wildman–Crippen LogP) is 6.66. The summed E-state index contributed by atoms with van der Waals surface area (Å²) in [6, 6.07) is 28.9. The molecule has 1 aliphatic rings. The molecule has 4 aromatic carbocycles. The minimum absolute atomic E-state index is 0.287. The van der Waals surface area contributed by atoms with Crippen LogP contribution in [0.25, 0.3) is 0 Å². The highest BCUT2D eigenvalue weighted by Crippen LogP contribution is 2.44. The van der Waals surface area contributed by atoms with Gasteiger partial charge in [-0.15, -0.1) is 0 Å². The van der Waals surface area contributed by atoms with Crippen LogP contribution >= 0.6 is 11.6 Å². The second kappa shape index (κ2) is 10.4. The lowest BCUT2D eigenvalue weighted by Gasteiger charge is -2.36. The molecule has 1 heterocycles. The van der Waals surface area contributed by atoms with Gasteiger partial charge in [0.1, 0.15) is 17.6 Å². The number of halogens is 1. The summed E-state index contributed by atoms with van der Waals surface area (Å²) in [5.74, 6) is -2.68. The van der Waals surface area contributed by atoms with Crippen molar-refractivity contribution in [3.05, 3.63) is 130 Å². The average molecular weight is 511 g/mol. The molecule has 0 N–H and O–H groups in total. The molecule has 1 aliphatic heterocycles. The van der Waals surface area contributed by atoms with E-state index in [-0.39, 0.29) is 11.3 Å². The molecule has 5 nitrogen and oxygen atoms in total. The van der Waals surface area contributed by atoms with E-state index < -0.39 is 29.5 Å². The molecule has 0 amide bonds. The zero-order chi connectivity index (χ0) is 25.9. The lowest BCUT2D eigenvalue weighted by molar-refractivity contribution is 0.0428. The lowest BCUT2D eigenvalue weighted by atomic mass is 9.71. The quantitative estimate of drug-likeness (QED) is 0.205. The highest BCUT2D eigenvalue weighted by Gasteiger charge is 2.48. The van der Waals surface area contributed by atoms with Crippen LogP contribution in [0.15, 0.2) is 103 Å². The Labute approximate surface area is 219 Å². The Bertz CT molecular complexity index is 1450. The summed E-state index contributed by atoms with van der Waals surface area (Å²) in [6.07, 6.45) is -0.841. The van der Waals surface area contributed by atoms with Crippen molar-refractivity contribution >= 4 is 29.0 Å². The Kier molecular flexibility index (Phi) is 6.89. The summed E-state index contributed by atoms with van der Waals surface area (Å²) in [5.41, 5.74) is 1.63. The van der Waals surface area contributed by atoms with E-state index in [1.165, 1.54) is 7.11 Å². The summed E-state index contributed by atoms with van der Waals surface area (Å²) in [4.78, 5) is 42.1. The van der Waals surface area contributed by atoms with E-state index in [2.05, 4.69) is 0 Å². The maximum Gasteiger partial charge on any atom is 0.174 e. The largest absolute Gasteiger partial charge is 0.497 e. The van der Waals surface area contributed by atoms with Gasteiger partial charge in [0, 0.05) is 16.1 Å². The molecule has 0 radical (unpaired) electrons. The third-order valence-corrected chi connectivity index (χ3v) is 6.84. The van der Waals surface area contributed by atoms with Crippen LogP contribution in [0.3, 0.4) is 0 Å². The van der Waals surface area contributed by atoms with Crippen molar-refractivity contribution in [3.63, 3.8) is 0 Å². The van der Waals surface area contributed by atoms with Crippen LogP contribution in [-0.4, -0.2) is 24.5 Å². The lowest BCUT2D eigenvalue weighted by Crippen LogP contribution is -2.43. The van der Waals surface area contributed by atoms with Crippen molar-refractivity contribution in [1.82, 2.24) is 0 Å². The van der Waals surface area contributed by atoms with Crippen molar-refractivity contribution in [2.75, 3.05) is 7.11 Å². The number of methoxy groups -OCH3 is 1. The molecule has 3 atom stereocenters. The summed E-state index contributed by atoms with van der Waals surface area (Å²) in [7, 11) is 1.53. The maximum absolute atomic E-state index is 14.1. The van der Waals surface area contributed by atoms with E-state index in [0.29, 0.717) is 33.2 Å². The summed E-state index contributed by atoms with van der Waals surface area (Å²) >= 11 is 6.05. The van der Waals surface area contributed by atoms with E-state index in [1.54, 1.807) is 72.8 Å². The van der Waals surface area contributed by atoms with Crippen LogP contribution in [0, 0.1) is 11.8 Å². The highest BCUT2D eigenvalue weighted by atomic mass is 35.5. The number of Topliss-reactive ketones (excluding diaryl/α,β-unsaturated/α-hetero) is 3. The second-order valence-electron chi connectivity index (χ2n) is 8.78. The highest BCUT2D eigenvalue weighted by molar-refractivity contribution is 6.30. The molecule has 0 aliphatic carbocycles. The van der Waals surface area contributed by atoms with Crippen molar-refractivity contribution < 1.29 is 23.9 Å². The van der Waals surface area contributed by atoms with Gasteiger partial charge in [-0.1, -0.05) is 54.1 Å². The molecule has 0 aromatic heterocycles. The van der Waals surface area contributed by atoms with Crippen molar-refractivity contribution in [2.24, 2.45) is 11.8 Å². The second-order valence-corrected chi connectivity index (χ2v) is 9.21. The van der Waals surface area contributed by atoms with Gasteiger partial charge in [0.05, 0.1) is 24.5 Å². The fourth-order valence-corrected chi connectivity index (χ4v) is 4.84. The van der Waals surface area contributed by atoms with Gasteiger partial charge >= 0.3 is 0 Å². The normalized spacial score (nSPS) is 17.3. The standard InChI is InChI=1S/C31H23ClO5/c1-36-23-17-13-20(14-18-23)29(34)26(28(33)19-11-15-22(32)16-12-19)27-30(35)24-9-5-6-10-25(24)37-31(27)21-7-3-2-4-8-21/h2-18,26-27,31H,1H3. The van der Waals surface area contributed by atoms with Crippen molar-refractivity contribution in [2.45, 2.75) is 6.10 Å². The summed E-state index contributed by atoms with van der Waals surface area (Å²) in [5, 5.41) is 0.461. The molecule has 0 spiro atoms. The third-order valence-electron chi connectivity index (χ3n) is 6.59. The molecule has 3 unspecified atom stereocenters. The maximum atomic E-state index is 14.1. The Balaban J connectivity index is 1.67. The topological polar surface area (TPSA) is 69.7 Å². The van der Waals surface area contributed by atoms with Crippen molar-refractivity contribution in [3.8, 4) is 11.5 Å². The van der Waals surface area contributed by atoms with Gasteiger partial charge in [0.25, 0.3) is 0 Å². The Morgan fingerprint density at radius 2 is 1.35 bits per heavy atom. The number of hydrogen-bond acceptors (Lipinski definition) is 5. The molecular weight excluding hydrogens is 488 g/mol. The minimum Gasteiger partial charge on any atom is -0.497 e. The smallest absolute Gasteiger partial charge is 0.174 e. The minimum atomic E-state index is -1.33. The zero-order valence-corrected chi connectivity index (χ0v) is 20.7. The first kappa shape index (κ1) is 24.5. The van der Waals surface area contributed by atoms with E-state index >= 15 is 0 Å². The monoisotopic (exact) mass is 510 g/mol. The van der Waals surface area contributed by atoms with E-state index in [1.807, 2.05) is 30.3 Å². The van der Waals surface area contributed by atoms with Crippen LogP contribution < -0.4 is 9.47 Å². The van der Waals surface area contributed by atoms with Gasteiger partial charge in [-0.2, -0.15) is 0 Å². The van der Waals surface area contributed by atoms with Crippen LogP contribution in [0.4, 0.5) is 0 Å². The van der Waals surface area contributed by atoms with Crippen LogP contribution in [0.1, 0.15) is 42.7 Å². The Hall–Kier alpha value is -4.22. The first-order valence-corrected chi connectivity index (χ1v) is 12.2. The van der Waals surface area contributed by atoms with Gasteiger partial charge < -0.3 is 9.47 Å². The molecule has 184 valence electrons. The van der Waals surface area contributed by atoms with Gasteiger partial charge in [0.15, 0.2) is 17.3 Å². The van der Waals surface area contributed by atoms with Gasteiger partial charge in [-0.05, 0) is 66.2 Å². The molecule has 0 fully saturated rings. The zero-order valence-electron chi connectivity index (χ0n) is 20.0. The van der Waals surface area contributed by atoms with E-state index in [0.717, 1.165) is 0 Å². The Morgan fingerprint density at radius 1 is 0.784 bits per heavy atom. The number of carbonyl (C=O) groups excluding carboxylic acids is 3. The number of hydrogen-bond donors (Lipinski definition) is 0. The average Bonchev–Trinajstić information content (AvgIpc) is 2.95. The first-order chi connectivity index (χ1) is 18.0. The number of para-hydroxylation sites is 1. The molecule has 5 rings (SSSR count). The van der Waals surface area contributed by atoms with Gasteiger partial charge in [-0.3, -0.25) is 14.4 Å². The summed E-state index contributed by atoms with van der Waals surface area (Å²) in [6.45, 7) is 0. The fourth-order valence-electron chi connectivity index (χ4n) is 4.72. The molecule has 0 bridgehead atoms. The third kappa shape index (κ3) is 4.78. The number of ketones is 3. The van der Waals surface area contributed by atoms with Crippen LogP contribution in [-0.2, 0) is 0 Å². The van der Waals surface area contributed by atoms with Crippen LogP contribution in [0.5, 0.6) is 11.5 Å². The number of ether oxygens (including phenoxy) is 2. The Morgan fingerprint density at radius 3 is 1.97 bits per heavy atom. The van der Waals surface area contributed by atoms with E-state index in [9.17, 15) is 14.4 Å². The number of fused-ring (bicyclic) bond motifs is 1. The van der Waals surface area contributed by atoms with Gasteiger partial charge in [-0.25, -0.2) is 0 Å². The predicted molar refractivity (Wildman–Crippen MR) is 141 cm³/mol. The van der Waals surface area contributed by atoms with Crippen LogP contribution in [0.2, 0.25) is 5.02 Å². The SMILES string of the molecule is COc1ccc(C(=O)C(C(=O)c2ccc(Cl)cc2)C2C(=O)c3ccccc3OC2c2ccccc2)cc1. The molecule has 0 saturated heterocycles. The molecule has 0 saturated carbocycles. The summed E-state index contributed by atoms with van der Waals surface area (Å²) < 4.78 is 11.6.